The molecule has 0 aromatic heterocycles. The first-order valence-corrected chi connectivity index (χ1v) is 10.5. The van der Waals surface area contributed by atoms with E-state index in [-0.39, 0.29) is 0 Å². The smallest absolute Gasteiger partial charge is 0.0290 e. The molecular weight excluding hydrogens is 338 g/mol. The van der Waals surface area contributed by atoms with E-state index in [0.29, 0.717) is 12.1 Å². The van der Waals surface area contributed by atoms with Crippen molar-refractivity contribution >= 4 is 5.57 Å². The van der Waals surface area contributed by atoms with Crippen molar-refractivity contribution in [1.29, 1.82) is 0 Å². The summed E-state index contributed by atoms with van der Waals surface area (Å²) in [5.41, 5.74) is 6.99. The molecule has 0 radical (unpaired) electrons. The number of piperidine rings is 1. The van der Waals surface area contributed by atoms with Crippen molar-refractivity contribution in [3.8, 4) is 11.1 Å². The van der Waals surface area contributed by atoms with Gasteiger partial charge in [-0.15, -0.1) is 0 Å². The van der Waals surface area contributed by atoms with E-state index >= 15 is 0 Å². The van der Waals surface area contributed by atoms with Gasteiger partial charge < -0.3 is 0 Å². The van der Waals surface area contributed by atoms with Gasteiger partial charge in [0, 0.05) is 18.6 Å². The van der Waals surface area contributed by atoms with Gasteiger partial charge in [0.1, 0.15) is 0 Å². The molecule has 0 amide bonds. The minimum Gasteiger partial charge on any atom is -0.289 e. The number of hydrogen-bond donors (Lipinski definition) is 0. The van der Waals surface area contributed by atoms with Crippen LogP contribution in [-0.2, 0) is 6.54 Å². The molecule has 0 aliphatic carbocycles. The number of rotatable bonds is 4. The van der Waals surface area contributed by atoms with Gasteiger partial charge in [-0.1, -0.05) is 91.4 Å². The van der Waals surface area contributed by atoms with Gasteiger partial charge in [-0.05, 0) is 53.2 Å². The fourth-order valence-electron chi connectivity index (χ4n) is 4.90. The second-order valence-corrected chi connectivity index (χ2v) is 8.15. The molecule has 5 rings (SSSR count). The minimum atomic E-state index is 0.572. The van der Waals surface area contributed by atoms with E-state index in [1.807, 2.05) is 0 Å². The van der Waals surface area contributed by atoms with Crippen molar-refractivity contribution < 1.29 is 0 Å². The molecule has 0 N–H and O–H groups in total. The highest BCUT2D eigenvalue weighted by Gasteiger charge is 2.34. The summed E-state index contributed by atoms with van der Waals surface area (Å²) in [5, 5.41) is 0. The maximum Gasteiger partial charge on any atom is 0.0290 e. The molecule has 1 saturated heterocycles. The van der Waals surface area contributed by atoms with Crippen LogP contribution in [0.1, 0.15) is 36.8 Å². The molecule has 28 heavy (non-hydrogen) atoms. The summed E-state index contributed by atoms with van der Waals surface area (Å²) in [5.74, 6) is 0. The van der Waals surface area contributed by atoms with Gasteiger partial charge in [0.05, 0.1) is 0 Å². The molecule has 0 saturated carbocycles. The molecular formula is C27H27N. The molecule has 2 bridgehead atoms. The largest absolute Gasteiger partial charge is 0.289 e. The van der Waals surface area contributed by atoms with E-state index in [4.69, 9.17) is 0 Å². The Bertz CT molecular complexity index is 958. The number of nitrogens with zero attached hydrogens (tertiary/aromatic N) is 1. The highest BCUT2D eigenvalue weighted by Crippen LogP contribution is 2.38. The van der Waals surface area contributed by atoms with Crippen LogP contribution in [0, 0.1) is 0 Å². The van der Waals surface area contributed by atoms with Crippen LogP contribution in [0.2, 0.25) is 0 Å². The number of hydrogen-bond acceptors (Lipinski definition) is 1. The lowest BCUT2D eigenvalue weighted by Crippen LogP contribution is -2.47. The first-order chi connectivity index (χ1) is 13.9. The molecule has 1 heteroatoms. The van der Waals surface area contributed by atoms with Crippen LogP contribution in [0.3, 0.4) is 0 Å². The van der Waals surface area contributed by atoms with Crippen molar-refractivity contribution in [2.75, 3.05) is 0 Å². The van der Waals surface area contributed by atoms with Crippen molar-refractivity contribution in [3.63, 3.8) is 0 Å². The Kier molecular flexibility index (Phi) is 4.85. The SMILES string of the molecule is C1=C(c2cccc(-c3ccccc3)c2)CC2CCCC1N2Cc1ccccc1. The summed E-state index contributed by atoms with van der Waals surface area (Å²) >= 11 is 0. The standard InChI is InChI=1S/C27H27N/c1-3-9-21(10-4-1)20-28-26-15-8-16-27(28)19-25(18-26)24-14-7-13-23(17-24)22-11-5-2-6-12-22/h1-7,9-14,17-18,26-27H,8,15-16,19-20H2. The highest BCUT2D eigenvalue weighted by molar-refractivity contribution is 5.73. The molecule has 3 aromatic carbocycles. The fraction of sp³-hybridized carbons (Fsp3) is 0.259. The molecule has 0 spiro atoms. The van der Waals surface area contributed by atoms with Gasteiger partial charge >= 0.3 is 0 Å². The third kappa shape index (κ3) is 3.55. The van der Waals surface area contributed by atoms with E-state index < -0.39 is 0 Å². The van der Waals surface area contributed by atoms with E-state index in [2.05, 4.69) is 95.9 Å². The first kappa shape index (κ1) is 17.5. The Labute approximate surface area is 168 Å². The third-order valence-corrected chi connectivity index (χ3v) is 6.33. The normalized spacial score (nSPS) is 21.9. The Morgan fingerprint density at radius 2 is 1.43 bits per heavy atom. The number of benzene rings is 3. The van der Waals surface area contributed by atoms with Crippen LogP contribution in [0.5, 0.6) is 0 Å². The van der Waals surface area contributed by atoms with E-state index in [1.165, 1.54) is 53.5 Å². The zero-order valence-corrected chi connectivity index (χ0v) is 16.3. The Morgan fingerprint density at radius 1 is 0.714 bits per heavy atom. The zero-order valence-electron chi connectivity index (χ0n) is 16.3. The van der Waals surface area contributed by atoms with Crippen molar-refractivity contribution in [3.05, 3.63) is 102 Å². The second-order valence-electron chi connectivity index (χ2n) is 8.15. The summed E-state index contributed by atoms with van der Waals surface area (Å²) < 4.78 is 0. The topological polar surface area (TPSA) is 3.24 Å². The Hall–Kier alpha value is -2.64. The lowest BCUT2D eigenvalue weighted by Gasteiger charge is -2.45. The van der Waals surface area contributed by atoms with E-state index in [9.17, 15) is 0 Å². The molecule has 1 nitrogen and oxygen atoms in total. The Balaban J connectivity index is 1.43. The maximum absolute atomic E-state index is 2.74. The lowest BCUT2D eigenvalue weighted by molar-refractivity contribution is 0.0951. The van der Waals surface area contributed by atoms with Gasteiger partial charge in [0.25, 0.3) is 0 Å². The monoisotopic (exact) mass is 365 g/mol. The van der Waals surface area contributed by atoms with Crippen LogP contribution in [0.25, 0.3) is 16.7 Å². The van der Waals surface area contributed by atoms with Gasteiger partial charge in [0.2, 0.25) is 0 Å². The van der Waals surface area contributed by atoms with Crippen LogP contribution in [-0.4, -0.2) is 17.0 Å². The van der Waals surface area contributed by atoms with Gasteiger partial charge in [-0.25, -0.2) is 0 Å². The molecule has 2 aliphatic rings. The lowest BCUT2D eigenvalue weighted by atomic mass is 9.82. The van der Waals surface area contributed by atoms with Crippen molar-refractivity contribution in [2.45, 2.75) is 44.3 Å². The summed E-state index contributed by atoms with van der Waals surface area (Å²) in [4.78, 5) is 2.74. The first-order valence-electron chi connectivity index (χ1n) is 10.5. The Morgan fingerprint density at radius 3 is 2.21 bits per heavy atom. The van der Waals surface area contributed by atoms with E-state index in [0.717, 1.165) is 6.54 Å². The van der Waals surface area contributed by atoms with Gasteiger partial charge in [-0.2, -0.15) is 0 Å². The molecule has 2 heterocycles. The summed E-state index contributed by atoms with van der Waals surface area (Å²) in [6, 6.07) is 32.0. The molecule has 2 atom stereocenters. The van der Waals surface area contributed by atoms with Crippen molar-refractivity contribution in [1.82, 2.24) is 4.90 Å². The average Bonchev–Trinajstić information content (AvgIpc) is 2.75. The maximum atomic E-state index is 2.74. The molecule has 3 aromatic rings. The second kappa shape index (κ2) is 7.77. The fourth-order valence-corrected chi connectivity index (χ4v) is 4.90. The van der Waals surface area contributed by atoms with Crippen LogP contribution in [0.15, 0.2) is 91.0 Å². The summed E-state index contributed by atoms with van der Waals surface area (Å²) in [6.45, 7) is 1.07. The average molecular weight is 366 g/mol. The number of fused-ring (bicyclic) bond motifs is 2. The highest BCUT2D eigenvalue weighted by atomic mass is 15.2. The molecule has 2 unspecified atom stereocenters. The summed E-state index contributed by atoms with van der Waals surface area (Å²) in [6.07, 6.45) is 7.68. The summed E-state index contributed by atoms with van der Waals surface area (Å²) in [7, 11) is 0. The van der Waals surface area contributed by atoms with Gasteiger partial charge in [0.15, 0.2) is 0 Å². The quantitative estimate of drug-likeness (QED) is 0.506. The predicted molar refractivity (Wildman–Crippen MR) is 118 cm³/mol. The van der Waals surface area contributed by atoms with Crippen LogP contribution in [0.4, 0.5) is 0 Å². The molecule has 140 valence electrons. The third-order valence-electron chi connectivity index (χ3n) is 6.33. The molecule has 1 fully saturated rings. The van der Waals surface area contributed by atoms with Gasteiger partial charge in [-0.3, -0.25) is 4.90 Å². The van der Waals surface area contributed by atoms with Crippen LogP contribution >= 0.6 is 0 Å². The van der Waals surface area contributed by atoms with Crippen molar-refractivity contribution in [2.24, 2.45) is 0 Å². The minimum absolute atomic E-state index is 0.572. The zero-order chi connectivity index (χ0) is 18.8. The molecule has 2 aliphatic heterocycles. The van der Waals surface area contributed by atoms with Crippen LogP contribution < -0.4 is 0 Å². The predicted octanol–water partition coefficient (Wildman–Crippen LogP) is 6.56. The van der Waals surface area contributed by atoms with E-state index in [1.54, 1.807) is 0 Å².